The van der Waals surface area contributed by atoms with Gasteiger partial charge < -0.3 is 0 Å². The van der Waals surface area contributed by atoms with Crippen molar-refractivity contribution in [3.05, 3.63) is 33.8 Å². The van der Waals surface area contributed by atoms with Crippen LogP contribution in [0.2, 0.25) is 0 Å². The van der Waals surface area contributed by atoms with Gasteiger partial charge in [-0.15, -0.1) is 0 Å². The molecule has 0 heterocycles. The predicted octanol–water partition coefficient (Wildman–Crippen LogP) is 3.68. The van der Waals surface area contributed by atoms with Crippen LogP contribution in [0.15, 0.2) is 16.6 Å². The molecule has 0 bridgehead atoms. The summed E-state index contributed by atoms with van der Waals surface area (Å²) < 4.78 is 26.1. The Bertz CT molecular complexity index is 284. The van der Waals surface area contributed by atoms with Gasteiger partial charge in [-0.05, 0) is 34.0 Å². The Balaban J connectivity index is 3.08. The van der Waals surface area contributed by atoms with Gasteiger partial charge in [0.1, 0.15) is 0 Å². The fourth-order valence-corrected chi connectivity index (χ4v) is 1.33. The summed E-state index contributed by atoms with van der Waals surface area (Å²) in [4.78, 5) is 0. The molecular formula is C9H9BrF2. The van der Waals surface area contributed by atoms with Gasteiger partial charge in [0.15, 0.2) is 11.6 Å². The van der Waals surface area contributed by atoms with E-state index in [0.29, 0.717) is 12.0 Å². The maximum atomic E-state index is 13.0. The molecular weight excluding hydrogens is 226 g/mol. The first-order chi connectivity index (χ1) is 5.66. The molecule has 0 fully saturated rings. The summed E-state index contributed by atoms with van der Waals surface area (Å²) in [5.74, 6) is -1.52. The van der Waals surface area contributed by atoms with E-state index in [1.807, 2.05) is 6.92 Å². The molecule has 0 aromatic heterocycles. The molecule has 0 aliphatic heterocycles. The van der Waals surface area contributed by atoms with Crippen LogP contribution < -0.4 is 0 Å². The van der Waals surface area contributed by atoms with Crippen LogP contribution >= 0.6 is 15.9 Å². The average Bonchev–Trinajstić information content (AvgIpc) is 2.07. The summed E-state index contributed by atoms with van der Waals surface area (Å²) in [6.45, 7) is 1.93. The number of rotatable bonds is 2. The van der Waals surface area contributed by atoms with Crippen molar-refractivity contribution in [3.63, 3.8) is 0 Å². The third kappa shape index (κ3) is 1.83. The van der Waals surface area contributed by atoms with Crippen molar-refractivity contribution >= 4 is 15.9 Å². The zero-order chi connectivity index (χ0) is 9.14. The number of halogens is 3. The van der Waals surface area contributed by atoms with Crippen LogP contribution in [0.5, 0.6) is 0 Å². The van der Waals surface area contributed by atoms with Crippen LogP contribution in [0, 0.1) is 11.6 Å². The Kier molecular flexibility index (Phi) is 3.20. The van der Waals surface area contributed by atoms with Gasteiger partial charge >= 0.3 is 0 Å². The molecule has 0 saturated heterocycles. The first-order valence-electron chi connectivity index (χ1n) is 3.79. The van der Waals surface area contributed by atoms with Crippen molar-refractivity contribution in [1.82, 2.24) is 0 Å². The molecule has 66 valence electrons. The van der Waals surface area contributed by atoms with Crippen LogP contribution in [0.3, 0.4) is 0 Å². The lowest BCUT2D eigenvalue weighted by atomic mass is 10.1. The standard InChI is InChI=1S/C9H9BrF2/c1-2-3-6-4-5-7(10)9(12)8(6)11/h4-5H,2-3H2,1H3. The highest BCUT2D eigenvalue weighted by atomic mass is 79.9. The molecule has 0 N–H and O–H groups in total. The number of hydrogen-bond acceptors (Lipinski definition) is 0. The molecule has 0 spiro atoms. The van der Waals surface area contributed by atoms with Crippen molar-refractivity contribution in [2.24, 2.45) is 0 Å². The molecule has 0 radical (unpaired) electrons. The number of aryl methyl sites for hydroxylation is 1. The molecule has 1 rings (SSSR count). The smallest absolute Gasteiger partial charge is 0.173 e. The van der Waals surface area contributed by atoms with Gasteiger partial charge in [-0.2, -0.15) is 0 Å². The quantitative estimate of drug-likeness (QED) is 0.686. The van der Waals surface area contributed by atoms with Crippen molar-refractivity contribution in [2.45, 2.75) is 19.8 Å². The van der Waals surface area contributed by atoms with E-state index in [0.717, 1.165) is 6.42 Å². The summed E-state index contributed by atoms with van der Waals surface area (Å²) in [5, 5.41) is 0. The lowest BCUT2D eigenvalue weighted by Gasteiger charge is -2.02. The summed E-state index contributed by atoms with van der Waals surface area (Å²) in [7, 11) is 0. The normalized spacial score (nSPS) is 10.3. The second-order valence-corrected chi connectivity index (χ2v) is 3.44. The first-order valence-corrected chi connectivity index (χ1v) is 4.58. The third-order valence-electron chi connectivity index (χ3n) is 1.63. The maximum Gasteiger partial charge on any atom is 0.173 e. The monoisotopic (exact) mass is 234 g/mol. The van der Waals surface area contributed by atoms with E-state index < -0.39 is 11.6 Å². The molecule has 0 aliphatic rings. The van der Waals surface area contributed by atoms with Gasteiger partial charge in [0.2, 0.25) is 0 Å². The third-order valence-corrected chi connectivity index (χ3v) is 2.25. The van der Waals surface area contributed by atoms with Crippen molar-refractivity contribution < 1.29 is 8.78 Å². The second kappa shape index (κ2) is 3.99. The summed E-state index contributed by atoms with van der Waals surface area (Å²) >= 11 is 2.92. The molecule has 0 amide bonds. The largest absolute Gasteiger partial charge is 0.203 e. The van der Waals surface area contributed by atoms with E-state index >= 15 is 0 Å². The van der Waals surface area contributed by atoms with E-state index in [9.17, 15) is 8.78 Å². The minimum Gasteiger partial charge on any atom is -0.203 e. The van der Waals surface area contributed by atoms with Gasteiger partial charge in [0.05, 0.1) is 4.47 Å². The lowest BCUT2D eigenvalue weighted by molar-refractivity contribution is 0.494. The highest BCUT2D eigenvalue weighted by molar-refractivity contribution is 9.10. The Morgan fingerprint density at radius 2 is 1.92 bits per heavy atom. The van der Waals surface area contributed by atoms with Crippen LogP contribution in [-0.4, -0.2) is 0 Å². The highest BCUT2D eigenvalue weighted by Gasteiger charge is 2.10. The van der Waals surface area contributed by atoms with E-state index in [1.54, 1.807) is 6.07 Å². The number of hydrogen-bond donors (Lipinski definition) is 0. The van der Waals surface area contributed by atoms with Gasteiger partial charge in [0, 0.05) is 0 Å². The van der Waals surface area contributed by atoms with Gasteiger partial charge in [-0.1, -0.05) is 19.4 Å². The zero-order valence-electron chi connectivity index (χ0n) is 6.70. The number of benzene rings is 1. The summed E-state index contributed by atoms with van der Waals surface area (Å²) in [5.41, 5.74) is 0.443. The molecule has 3 heteroatoms. The van der Waals surface area contributed by atoms with E-state index in [4.69, 9.17) is 0 Å². The molecule has 0 atom stereocenters. The SMILES string of the molecule is CCCc1ccc(Br)c(F)c1F. The minimum atomic E-state index is -0.791. The van der Waals surface area contributed by atoms with E-state index in [2.05, 4.69) is 15.9 Å². The molecule has 0 aliphatic carbocycles. The van der Waals surface area contributed by atoms with Gasteiger partial charge in [-0.25, -0.2) is 8.78 Å². The molecule has 0 nitrogen and oxygen atoms in total. The minimum absolute atomic E-state index is 0.180. The first kappa shape index (κ1) is 9.65. The summed E-state index contributed by atoms with van der Waals surface area (Å²) in [6.07, 6.45) is 1.40. The second-order valence-electron chi connectivity index (χ2n) is 2.58. The topological polar surface area (TPSA) is 0 Å². The van der Waals surface area contributed by atoms with Crippen molar-refractivity contribution in [2.75, 3.05) is 0 Å². The molecule has 1 aromatic carbocycles. The molecule has 12 heavy (non-hydrogen) atoms. The summed E-state index contributed by atoms with van der Waals surface area (Å²) in [6, 6.07) is 3.13. The van der Waals surface area contributed by atoms with Crippen LogP contribution in [0.1, 0.15) is 18.9 Å². The van der Waals surface area contributed by atoms with Crippen molar-refractivity contribution in [1.29, 1.82) is 0 Å². The fraction of sp³-hybridized carbons (Fsp3) is 0.333. The molecule has 0 saturated carbocycles. The zero-order valence-corrected chi connectivity index (χ0v) is 8.29. The highest BCUT2D eigenvalue weighted by Crippen LogP contribution is 2.21. The van der Waals surface area contributed by atoms with E-state index in [-0.39, 0.29) is 4.47 Å². The maximum absolute atomic E-state index is 13.0. The Morgan fingerprint density at radius 3 is 2.50 bits per heavy atom. The fourth-order valence-electron chi connectivity index (χ4n) is 1.03. The van der Waals surface area contributed by atoms with Crippen molar-refractivity contribution in [3.8, 4) is 0 Å². The average molecular weight is 235 g/mol. The van der Waals surface area contributed by atoms with Crippen LogP contribution in [0.4, 0.5) is 8.78 Å². The Hall–Kier alpha value is -0.440. The Labute approximate surface area is 78.7 Å². The lowest BCUT2D eigenvalue weighted by Crippen LogP contribution is -1.94. The Morgan fingerprint density at radius 1 is 1.25 bits per heavy atom. The predicted molar refractivity (Wildman–Crippen MR) is 48.1 cm³/mol. The van der Waals surface area contributed by atoms with Gasteiger partial charge in [0.25, 0.3) is 0 Å². The molecule has 1 aromatic rings. The molecule has 0 unspecified atom stereocenters. The van der Waals surface area contributed by atoms with Crippen LogP contribution in [-0.2, 0) is 6.42 Å². The van der Waals surface area contributed by atoms with Crippen LogP contribution in [0.25, 0.3) is 0 Å². The van der Waals surface area contributed by atoms with E-state index in [1.165, 1.54) is 6.07 Å². The van der Waals surface area contributed by atoms with Gasteiger partial charge in [-0.3, -0.25) is 0 Å².